The molecular formula is C11H9N5O2. The third-order valence-electron chi connectivity index (χ3n) is 2.50. The number of rotatable bonds is 2. The molecule has 0 saturated heterocycles. The molecular weight excluding hydrogens is 234 g/mol. The number of aromatic hydroxyl groups is 1. The van der Waals surface area contributed by atoms with E-state index in [1.54, 1.807) is 25.1 Å². The van der Waals surface area contributed by atoms with Crippen molar-refractivity contribution in [1.82, 2.24) is 25.3 Å². The second kappa shape index (κ2) is 3.95. The molecule has 0 aliphatic heterocycles. The molecule has 90 valence electrons. The van der Waals surface area contributed by atoms with Gasteiger partial charge < -0.3 is 9.63 Å². The summed E-state index contributed by atoms with van der Waals surface area (Å²) in [7, 11) is 0. The van der Waals surface area contributed by atoms with Gasteiger partial charge in [-0.1, -0.05) is 5.16 Å². The maximum atomic E-state index is 9.46. The van der Waals surface area contributed by atoms with Crippen LogP contribution in [0.25, 0.3) is 23.1 Å². The van der Waals surface area contributed by atoms with Gasteiger partial charge in [-0.2, -0.15) is 10.1 Å². The van der Waals surface area contributed by atoms with E-state index < -0.39 is 0 Å². The number of phenolic OH excluding ortho intramolecular Hbond substituents is 1. The topological polar surface area (TPSA) is 101 Å². The zero-order valence-electron chi connectivity index (χ0n) is 9.45. The van der Waals surface area contributed by atoms with Crippen LogP contribution in [0.1, 0.15) is 5.56 Å². The fraction of sp³-hybridized carbons (Fsp3) is 0.0909. The molecule has 18 heavy (non-hydrogen) atoms. The summed E-state index contributed by atoms with van der Waals surface area (Å²) in [5.41, 5.74) is 1.48. The van der Waals surface area contributed by atoms with E-state index >= 15 is 0 Å². The maximum absolute atomic E-state index is 9.46. The van der Waals surface area contributed by atoms with Crippen molar-refractivity contribution >= 4 is 0 Å². The van der Waals surface area contributed by atoms with Gasteiger partial charge in [-0.25, -0.2) is 4.98 Å². The first-order chi connectivity index (χ1) is 8.74. The average Bonchev–Trinajstić information content (AvgIpc) is 3.01. The van der Waals surface area contributed by atoms with Crippen molar-refractivity contribution in [2.45, 2.75) is 6.92 Å². The molecule has 0 aliphatic rings. The molecule has 1 aromatic carbocycles. The first-order valence-corrected chi connectivity index (χ1v) is 5.23. The number of nitrogens with one attached hydrogen (secondary N) is 1. The van der Waals surface area contributed by atoms with Gasteiger partial charge in [0.25, 0.3) is 5.89 Å². The van der Waals surface area contributed by atoms with Crippen molar-refractivity contribution in [3.63, 3.8) is 0 Å². The second-order valence-corrected chi connectivity index (χ2v) is 3.76. The predicted molar refractivity (Wildman–Crippen MR) is 61.5 cm³/mol. The summed E-state index contributed by atoms with van der Waals surface area (Å²) in [4.78, 5) is 8.13. The Balaban J connectivity index is 2.00. The number of hydrogen-bond donors (Lipinski definition) is 2. The van der Waals surface area contributed by atoms with Gasteiger partial charge in [0, 0.05) is 5.56 Å². The Morgan fingerprint density at radius 3 is 2.94 bits per heavy atom. The molecule has 7 heteroatoms. The van der Waals surface area contributed by atoms with Crippen molar-refractivity contribution in [3.8, 4) is 28.9 Å². The zero-order chi connectivity index (χ0) is 12.5. The van der Waals surface area contributed by atoms with Crippen LogP contribution in [0.3, 0.4) is 0 Å². The Kier molecular flexibility index (Phi) is 2.30. The van der Waals surface area contributed by atoms with Crippen molar-refractivity contribution in [2.75, 3.05) is 0 Å². The molecule has 0 spiro atoms. The minimum Gasteiger partial charge on any atom is -0.508 e. The second-order valence-electron chi connectivity index (χ2n) is 3.76. The lowest BCUT2D eigenvalue weighted by atomic mass is 10.1. The van der Waals surface area contributed by atoms with Gasteiger partial charge in [-0.3, -0.25) is 5.10 Å². The number of nitrogens with zero attached hydrogens (tertiary/aromatic N) is 4. The molecule has 0 radical (unpaired) electrons. The van der Waals surface area contributed by atoms with Gasteiger partial charge in [0.05, 0.1) is 0 Å². The quantitative estimate of drug-likeness (QED) is 0.707. The number of hydrogen-bond acceptors (Lipinski definition) is 6. The lowest BCUT2D eigenvalue weighted by molar-refractivity contribution is 0.431. The van der Waals surface area contributed by atoms with E-state index in [1.807, 2.05) is 0 Å². The van der Waals surface area contributed by atoms with Crippen LogP contribution in [0.2, 0.25) is 0 Å². The SMILES string of the molecule is Cc1cc(-c2nc(-c3ncn[nH]3)no2)ccc1O. The number of phenols is 1. The largest absolute Gasteiger partial charge is 0.508 e. The Bertz CT molecular complexity index is 675. The van der Waals surface area contributed by atoms with Crippen LogP contribution in [0.15, 0.2) is 29.0 Å². The molecule has 0 atom stereocenters. The van der Waals surface area contributed by atoms with Gasteiger partial charge in [-0.15, -0.1) is 0 Å². The fourth-order valence-corrected chi connectivity index (χ4v) is 1.54. The van der Waals surface area contributed by atoms with E-state index in [0.717, 1.165) is 11.1 Å². The average molecular weight is 243 g/mol. The Hall–Kier alpha value is -2.70. The normalized spacial score (nSPS) is 10.7. The number of aromatic nitrogens is 5. The van der Waals surface area contributed by atoms with Crippen LogP contribution in [0.4, 0.5) is 0 Å². The van der Waals surface area contributed by atoms with Gasteiger partial charge in [0.15, 0.2) is 5.82 Å². The Labute approximate surface area is 102 Å². The molecule has 3 aromatic rings. The van der Waals surface area contributed by atoms with Crippen LogP contribution in [0.5, 0.6) is 5.75 Å². The highest BCUT2D eigenvalue weighted by Gasteiger charge is 2.13. The highest BCUT2D eigenvalue weighted by Crippen LogP contribution is 2.25. The molecule has 2 aromatic heterocycles. The van der Waals surface area contributed by atoms with E-state index in [2.05, 4.69) is 25.3 Å². The fourth-order valence-electron chi connectivity index (χ4n) is 1.54. The molecule has 0 amide bonds. The monoisotopic (exact) mass is 243 g/mol. The predicted octanol–water partition coefficient (Wildman–Crippen LogP) is 1.54. The summed E-state index contributed by atoms with van der Waals surface area (Å²) >= 11 is 0. The first-order valence-electron chi connectivity index (χ1n) is 5.23. The molecule has 0 bridgehead atoms. The maximum Gasteiger partial charge on any atom is 0.258 e. The van der Waals surface area contributed by atoms with E-state index in [1.165, 1.54) is 6.33 Å². The summed E-state index contributed by atoms with van der Waals surface area (Å²) < 4.78 is 5.14. The van der Waals surface area contributed by atoms with Crippen LogP contribution < -0.4 is 0 Å². The summed E-state index contributed by atoms with van der Waals surface area (Å²) in [5, 5.41) is 19.6. The molecule has 0 unspecified atom stereocenters. The van der Waals surface area contributed by atoms with E-state index in [4.69, 9.17) is 4.52 Å². The number of benzene rings is 1. The smallest absolute Gasteiger partial charge is 0.258 e. The molecule has 3 rings (SSSR count). The van der Waals surface area contributed by atoms with Crippen LogP contribution in [-0.2, 0) is 0 Å². The van der Waals surface area contributed by atoms with E-state index in [0.29, 0.717) is 17.5 Å². The number of H-pyrrole nitrogens is 1. The van der Waals surface area contributed by atoms with E-state index in [-0.39, 0.29) is 5.75 Å². The minimum absolute atomic E-state index is 0.230. The third-order valence-corrected chi connectivity index (χ3v) is 2.50. The molecule has 0 fully saturated rings. The van der Waals surface area contributed by atoms with Gasteiger partial charge in [0.1, 0.15) is 12.1 Å². The molecule has 7 nitrogen and oxygen atoms in total. The lowest BCUT2D eigenvalue weighted by Gasteiger charge is -1.99. The van der Waals surface area contributed by atoms with Gasteiger partial charge in [0.2, 0.25) is 5.82 Å². The zero-order valence-corrected chi connectivity index (χ0v) is 9.45. The minimum atomic E-state index is 0.230. The van der Waals surface area contributed by atoms with Crippen LogP contribution >= 0.6 is 0 Å². The summed E-state index contributed by atoms with van der Waals surface area (Å²) in [6.45, 7) is 1.80. The van der Waals surface area contributed by atoms with Crippen molar-refractivity contribution in [2.24, 2.45) is 0 Å². The molecule has 0 aliphatic carbocycles. The summed E-state index contributed by atoms with van der Waals surface area (Å²) in [6, 6.07) is 5.07. The summed E-state index contributed by atoms with van der Waals surface area (Å²) in [5.74, 6) is 1.38. The number of aromatic amines is 1. The standard InChI is InChI=1S/C11H9N5O2/c1-6-4-7(2-3-8(6)17)11-14-10(16-18-11)9-12-5-13-15-9/h2-5,17H,1H3,(H,12,13,15). The summed E-state index contributed by atoms with van der Waals surface area (Å²) in [6.07, 6.45) is 1.37. The van der Waals surface area contributed by atoms with E-state index in [9.17, 15) is 5.11 Å². The third kappa shape index (κ3) is 1.71. The highest BCUT2D eigenvalue weighted by molar-refractivity contribution is 5.58. The molecule has 2 N–H and O–H groups in total. The Morgan fingerprint density at radius 1 is 1.33 bits per heavy atom. The Morgan fingerprint density at radius 2 is 2.22 bits per heavy atom. The van der Waals surface area contributed by atoms with Crippen molar-refractivity contribution < 1.29 is 9.63 Å². The van der Waals surface area contributed by atoms with Crippen LogP contribution in [0, 0.1) is 6.92 Å². The molecule has 2 heterocycles. The number of aryl methyl sites for hydroxylation is 1. The van der Waals surface area contributed by atoms with Crippen molar-refractivity contribution in [1.29, 1.82) is 0 Å². The first kappa shape index (κ1) is 10.5. The van der Waals surface area contributed by atoms with Gasteiger partial charge >= 0.3 is 0 Å². The van der Waals surface area contributed by atoms with Gasteiger partial charge in [-0.05, 0) is 30.7 Å². The lowest BCUT2D eigenvalue weighted by Crippen LogP contribution is -1.84. The van der Waals surface area contributed by atoms with Crippen LogP contribution in [-0.4, -0.2) is 30.4 Å². The highest BCUT2D eigenvalue weighted by atomic mass is 16.5. The van der Waals surface area contributed by atoms with Crippen molar-refractivity contribution in [3.05, 3.63) is 30.1 Å². The molecule has 0 saturated carbocycles.